The molecule has 0 aromatic heterocycles. The van der Waals surface area contributed by atoms with E-state index >= 15 is 0 Å². The van der Waals surface area contributed by atoms with Crippen LogP contribution in [0.3, 0.4) is 0 Å². The summed E-state index contributed by atoms with van der Waals surface area (Å²) in [7, 11) is 2.94. The third-order valence-electron chi connectivity index (χ3n) is 1.95. The topological polar surface area (TPSA) is 21.3 Å². The van der Waals surface area contributed by atoms with Crippen molar-refractivity contribution in [3.05, 3.63) is 0 Å². The molecular formula is C7H15F2NO. The minimum Gasteiger partial charge on any atom is -0.383 e. The van der Waals surface area contributed by atoms with Crippen LogP contribution in [0.25, 0.3) is 0 Å². The highest BCUT2D eigenvalue weighted by Gasteiger charge is 2.36. The summed E-state index contributed by atoms with van der Waals surface area (Å²) in [6.45, 7) is 1.75. The molecule has 68 valence electrons. The summed E-state index contributed by atoms with van der Waals surface area (Å²) in [5.41, 5.74) is -1.17. The van der Waals surface area contributed by atoms with Gasteiger partial charge in [0.25, 0.3) is 6.43 Å². The van der Waals surface area contributed by atoms with E-state index in [1.807, 2.05) is 0 Å². The molecule has 0 aliphatic carbocycles. The Bertz CT molecular complexity index is 105. The third-order valence-corrected chi connectivity index (χ3v) is 1.95. The van der Waals surface area contributed by atoms with Gasteiger partial charge in [-0.2, -0.15) is 0 Å². The van der Waals surface area contributed by atoms with Gasteiger partial charge < -0.3 is 10.1 Å². The molecule has 0 fully saturated rings. The van der Waals surface area contributed by atoms with Crippen LogP contribution in [-0.4, -0.2) is 32.7 Å². The van der Waals surface area contributed by atoms with Gasteiger partial charge >= 0.3 is 0 Å². The quantitative estimate of drug-likeness (QED) is 0.665. The molecule has 1 unspecified atom stereocenters. The molecule has 1 N–H and O–H groups in total. The highest BCUT2D eigenvalue weighted by molar-refractivity contribution is 4.87. The summed E-state index contributed by atoms with van der Waals surface area (Å²) in [5, 5.41) is 2.59. The third kappa shape index (κ3) is 2.38. The van der Waals surface area contributed by atoms with E-state index in [0.29, 0.717) is 6.42 Å². The molecule has 0 aliphatic rings. The molecule has 11 heavy (non-hydrogen) atoms. The molecule has 0 radical (unpaired) electrons. The predicted octanol–water partition coefficient (Wildman–Crippen LogP) is 1.27. The highest BCUT2D eigenvalue weighted by Crippen LogP contribution is 2.19. The van der Waals surface area contributed by atoms with Crippen LogP contribution in [0.15, 0.2) is 0 Å². The molecule has 0 amide bonds. The molecular weight excluding hydrogens is 152 g/mol. The number of likely N-dealkylation sites (N-methyl/N-ethyl adjacent to an activating group) is 1. The van der Waals surface area contributed by atoms with Crippen LogP contribution in [0.2, 0.25) is 0 Å². The molecule has 0 saturated carbocycles. The Kier molecular flexibility index (Phi) is 4.52. The second kappa shape index (κ2) is 4.62. The van der Waals surface area contributed by atoms with E-state index in [4.69, 9.17) is 4.74 Å². The Labute approximate surface area is 65.9 Å². The van der Waals surface area contributed by atoms with Crippen molar-refractivity contribution in [3.8, 4) is 0 Å². The number of hydrogen-bond acceptors (Lipinski definition) is 2. The standard InChI is InChI=1S/C7H15F2NO/c1-4-7(10-2,5-11-3)6(8)9/h6,10H,4-5H2,1-3H3. The Hall–Kier alpha value is -0.220. The fraction of sp³-hybridized carbons (Fsp3) is 1.00. The van der Waals surface area contributed by atoms with Crippen molar-refractivity contribution in [2.45, 2.75) is 25.3 Å². The van der Waals surface area contributed by atoms with Gasteiger partial charge in [-0.15, -0.1) is 0 Å². The lowest BCUT2D eigenvalue weighted by atomic mass is 9.98. The van der Waals surface area contributed by atoms with Crippen LogP contribution in [0.5, 0.6) is 0 Å². The van der Waals surface area contributed by atoms with Crippen molar-refractivity contribution in [2.75, 3.05) is 20.8 Å². The normalized spacial score (nSPS) is 16.9. The van der Waals surface area contributed by atoms with Gasteiger partial charge in [0, 0.05) is 7.11 Å². The molecule has 1 atom stereocenters. The first-order chi connectivity index (χ1) is 5.13. The lowest BCUT2D eigenvalue weighted by molar-refractivity contribution is -0.0166. The molecule has 0 aromatic carbocycles. The van der Waals surface area contributed by atoms with E-state index < -0.39 is 12.0 Å². The first kappa shape index (κ1) is 10.8. The molecule has 0 saturated heterocycles. The minimum atomic E-state index is -2.39. The van der Waals surface area contributed by atoms with Gasteiger partial charge in [-0.3, -0.25) is 0 Å². The van der Waals surface area contributed by atoms with Crippen molar-refractivity contribution in [3.63, 3.8) is 0 Å². The van der Waals surface area contributed by atoms with Gasteiger partial charge in [-0.05, 0) is 13.5 Å². The second-order valence-electron chi connectivity index (χ2n) is 2.49. The average Bonchev–Trinajstić information content (AvgIpc) is 2.00. The van der Waals surface area contributed by atoms with Crippen LogP contribution in [0, 0.1) is 0 Å². The molecule has 0 aromatic rings. The van der Waals surface area contributed by atoms with E-state index in [2.05, 4.69) is 5.32 Å². The zero-order valence-corrected chi connectivity index (χ0v) is 7.16. The molecule has 0 aliphatic heterocycles. The van der Waals surface area contributed by atoms with Crippen LogP contribution in [0.1, 0.15) is 13.3 Å². The van der Waals surface area contributed by atoms with E-state index in [9.17, 15) is 8.78 Å². The van der Waals surface area contributed by atoms with Gasteiger partial charge in [0.2, 0.25) is 0 Å². The lowest BCUT2D eigenvalue weighted by Gasteiger charge is -2.30. The highest BCUT2D eigenvalue weighted by atomic mass is 19.3. The fourth-order valence-electron chi connectivity index (χ4n) is 0.935. The van der Waals surface area contributed by atoms with Gasteiger partial charge in [-0.1, -0.05) is 6.92 Å². The summed E-state index contributed by atoms with van der Waals surface area (Å²) >= 11 is 0. The largest absolute Gasteiger partial charge is 0.383 e. The maximum absolute atomic E-state index is 12.4. The van der Waals surface area contributed by atoms with E-state index in [0.717, 1.165) is 0 Å². The number of rotatable bonds is 5. The van der Waals surface area contributed by atoms with Crippen LogP contribution in [-0.2, 0) is 4.74 Å². The summed E-state index contributed by atoms with van der Waals surface area (Å²) < 4.78 is 29.5. The molecule has 0 rings (SSSR count). The van der Waals surface area contributed by atoms with Crippen molar-refractivity contribution in [1.29, 1.82) is 0 Å². The zero-order chi connectivity index (χ0) is 8.91. The Morgan fingerprint density at radius 3 is 2.18 bits per heavy atom. The molecule has 0 bridgehead atoms. The van der Waals surface area contributed by atoms with Crippen molar-refractivity contribution < 1.29 is 13.5 Å². The summed E-state index contributed by atoms with van der Waals surface area (Å²) in [6.07, 6.45) is -2.04. The number of hydrogen-bond donors (Lipinski definition) is 1. The average molecular weight is 167 g/mol. The van der Waals surface area contributed by atoms with Gasteiger partial charge in [0.05, 0.1) is 6.61 Å². The second-order valence-corrected chi connectivity index (χ2v) is 2.49. The SMILES string of the molecule is CCC(COC)(NC)C(F)F. The smallest absolute Gasteiger partial charge is 0.258 e. The molecule has 0 spiro atoms. The minimum absolute atomic E-state index is 0.0394. The first-order valence-corrected chi connectivity index (χ1v) is 3.59. The monoisotopic (exact) mass is 167 g/mol. The van der Waals surface area contributed by atoms with Gasteiger partial charge in [-0.25, -0.2) is 8.78 Å². The lowest BCUT2D eigenvalue weighted by Crippen LogP contribution is -2.52. The van der Waals surface area contributed by atoms with Crippen LogP contribution < -0.4 is 5.32 Å². The van der Waals surface area contributed by atoms with Gasteiger partial charge in [0.15, 0.2) is 0 Å². The Morgan fingerprint density at radius 1 is 1.55 bits per heavy atom. The maximum atomic E-state index is 12.4. The molecule has 4 heteroatoms. The number of nitrogens with one attached hydrogen (secondary N) is 1. The van der Waals surface area contributed by atoms with Crippen molar-refractivity contribution >= 4 is 0 Å². The Balaban J connectivity index is 4.20. The van der Waals surface area contributed by atoms with Crippen LogP contribution in [0.4, 0.5) is 8.78 Å². The molecule has 0 heterocycles. The summed E-state index contributed by atoms with van der Waals surface area (Å²) in [4.78, 5) is 0. The number of ether oxygens (including phenoxy) is 1. The predicted molar refractivity (Wildman–Crippen MR) is 40.0 cm³/mol. The van der Waals surface area contributed by atoms with Crippen molar-refractivity contribution in [1.82, 2.24) is 5.32 Å². The van der Waals surface area contributed by atoms with E-state index in [-0.39, 0.29) is 6.61 Å². The number of alkyl halides is 2. The number of methoxy groups -OCH3 is 1. The Morgan fingerprint density at radius 2 is 2.09 bits per heavy atom. The zero-order valence-electron chi connectivity index (χ0n) is 7.16. The first-order valence-electron chi connectivity index (χ1n) is 3.59. The summed E-state index contributed by atoms with van der Waals surface area (Å²) in [5.74, 6) is 0. The van der Waals surface area contributed by atoms with Crippen LogP contribution >= 0.6 is 0 Å². The number of halogens is 2. The fourth-order valence-corrected chi connectivity index (χ4v) is 0.935. The van der Waals surface area contributed by atoms with E-state index in [1.165, 1.54) is 14.2 Å². The molecule has 2 nitrogen and oxygen atoms in total. The summed E-state index contributed by atoms with van der Waals surface area (Å²) in [6, 6.07) is 0. The van der Waals surface area contributed by atoms with Crippen molar-refractivity contribution in [2.24, 2.45) is 0 Å². The van der Waals surface area contributed by atoms with E-state index in [1.54, 1.807) is 6.92 Å². The maximum Gasteiger partial charge on any atom is 0.258 e. The van der Waals surface area contributed by atoms with Gasteiger partial charge in [0.1, 0.15) is 5.54 Å².